The van der Waals surface area contributed by atoms with Gasteiger partial charge in [0.25, 0.3) is 5.91 Å². The maximum absolute atomic E-state index is 12.8. The molecule has 0 aliphatic rings. The van der Waals surface area contributed by atoms with Crippen molar-refractivity contribution in [2.24, 2.45) is 0 Å². The first-order chi connectivity index (χ1) is 18.4. The summed E-state index contributed by atoms with van der Waals surface area (Å²) in [6.07, 6.45) is 1.53. The predicted octanol–water partition coefficient (Wildman–Crippen LogP) is 8.22. The van der Waals surface area contributed by atoms with Crippen LogP contribution >= 0.6 is 31.9 Å². The van der Waals surface area contributed by atoms with Crippen molar-refractivity contribution in [2.45, 2.75) is 20.1 Å². The highest BCUT2D eigenvalue weighted by molar-refractivity contribution is 9.11. The van der Waals surface area contributed by atoms with E-state index in [1.165, 1.54) is 11.6 Å². The van der Waals surface area contributed by atoms with Crippen LogP contribution in [-0.2, 0) is 18.0 Å². The molecule has 7 heteroatoms. The monoisotopic (exact) mass is 630 g/mol. The molecule has 1 amide bonds. The van der Waals surface area contributed by atoms with Gasteiger partial charge >= 0.3 is 0 Å². The third-order valence-corrected chi connectivity index (χ3v) is 6.70. The highest BCUT2D eigenvalue weighted by atomic mass is 79.9. The van der Waals surface area contributed by atoms with Crippen LogP contribution in [0.25, 0.3) is 6.08 Å². The Morgan fingerprint density at radius 3 is 2.18 bits per heavy atom. The fourth-order valence-corrected chi connectivity index (χ4v) is 5.10. The smallest absolute Gasteiger partial charge is 0.266 e. The quantitative estimate of drug-likeness (QED) is 0.149. The predicted molar refractivity (Wildman–Crippen MR) is 157 cm³/mol. The van der Waals surface area contributed by atoms with Crippen LogP contribution in [0.15, 0.2) is 106 Å². The van der Waals surface area contributed by atoms with E-state index in [0.29, 0.717) is 44.9 Å². The maximum Gasteiger partial charge on any atom is 0.266 e. The fraction of sp³-hybridized carbons (Fsp3) is 0.0968. The second-order valence-corrected chi connectivity index (χ2v) is 10.2. The minimum Gasteiger partial charge on any atom is -0.489 e. The molecule has 0 heterocycles. The molecule has 38 heavy (non-hydrogen) atoms. The van der Waals surface area contributed by atoms with Crippen LogP contribution in [0.5, 0.6) is 11.5 Å². The van der Waals surface area contributed by atoms with E-state index >= 15 is 0 Å². The van der Waals surface area contributed by atoms with Crippen LogP contribution in [0.2, 0.25) is 0 Å². The van der Waals surface area contributed by atoms with E-state index in [1.54, 1.807) is 36.4 Å². The Morgan fingerprint density at radius 2 is 1.53 bits per heavy atom. The number of hydrogen-bond donors (Lipinski definition) is 1. The lowest BCUT2D eigenvalue weighted by Crippen LogP contribution is -2.13. The van der Waals surface area contributed by atoms with Crippen LogP contribution < -0.4 is 14.8 Å². The summed E-state index contributed by atoms with van der Waals surface area (Å²) < 4.78 is 13.2. The van der Waals surface area contributed by atoms with Gasteiger partial charge in [-0.25, -0.2) is 0 Å². The lowest BCUT2D eigenvalue weighted by atomic mass is 10.1. The highest BCUT2D eigenvalue weighted by Gasteiger charge is 2.13. The minimum absolute atomic E-state index is 0.0263. The number of nitrogens with zero attached hydrogens (tertiary/aromatic N) is 1. The van der Waals surface area contributed by atoms with Crippen LogP contribution in [0.1, 0.15) is 22.3 Å². The second-order valence-electron chi connectivity index (χ2n) is 8.51. The summed E-state index contributed by atoms with van der Waals surface area (Å²) in [5.74, 6) is 0.820. The fourth-order valence-electron chi connectivity index (χ4n) is 3.65. The SMILES string of the molecule is Cc1cccc(COc2c(Br)cc(/C=C(\C#N)C(=O)Nc3ccc(OCc4ccccc4)cc3)cc2Br)c1. The average molecular weight is 632 g/mol. The number of hydrogen-bond acceptors (Lipinski definition) is 4. The van der Waals surface area contributed by atoms with Gasteiger partial charge < -0.3 is 14.8 Å². The Labute approximate surface area is 239 Å². The summed E-state index contributed by atoms with van der Waals surface area (Å²) in [7, 11) is 0. The van der Waals surface area contributed by atoms with E-state index < -0.39 is 5.91 Å². The molecule has 0 atom stereocenters. The number of nitriles is 1. The number of halogens is 2. The molecule has 190 valence electrons. The van der Waals surface area contributed by atoms with Gasteiger partial charge in [-0.3, -0.25) is 4.79 Å². The number of carbonyl (C=O) groups excluding carboxylic acids is 1. The number of amides is 1. The number of nitrogens with one attached hydrogen (secondary N) is 1. The standard InChI is InChI=1S/C31H24Br2N2O3/c1-21-6-5-9-23(14-21)20-38-30-28(32)16-24(17-29(30)33)15-25(18-34)31(36)35-26-10-12-27(13-11-26)37-19-22-7-3-2-4-8-22/h2-17H,19-20H2,1H3,(H,35,36)/b25-15+. The van der Waals surface area contributed by atoms with E-state index in [9.17, 15) is 10.1 Å². The largest absolute Gasteiger partial charge is 0.489 e. The molecule has 0 spiro atoms. The topological polar surface area (TPSA) is 71.3 Å². The molecule has 4 rings (SSSR count). The van der Waals surface area contributed by atoms with Crippen LogP contribution in [0.4, 0.5) is 5.69 Å². The summed E-state index contributed by atoms with van der Waals surface area (Å²) in [4.78, 5) is 12.8. The van der Waals surface area contributed by atoms with Gasteiger partial charge in [-0.05, 0) is 97.9 Å². The van der Waals surface area contributed by atoms with Gasteiger partial charge in [0.1, 0.15) is 36.4 Å². The first kappa shape index (κ1) is 27.2. The Kier molecular flexibility index (Phi) is 9.36. The molecule has 0 saturated carbocycles. The molecular formula is C31H24Br2N2O3. The molecule has 0 radical (unpaired) electrons. The van der Waals surface area contributed by atoms with Crippen molar-refractivity contribution in [3.8, 4) is 17.6 Å². The lowest BCUT2D eigenvalue weighted by Gasteiger charge is -2.12. The van der Waals surface area contributed by atoms with E-state index in [2.05, 4.69) is 43.2 Å². The zero-order chi connectivity index (χ0) is 26.9. The van der Waals surface area contributed by atoms with E-state index in [-0.39, 0.29) is 5.57 Å². The third kappa shape index (κ3) is 7.58. The summed E-state index contributed by atoms with van der Waals surface area (Å²) in [6.45, 7) is 2.90. The number of anilines is 1. The number of aryl methyl sites for hydroxylation is 1. The Morgan fingerprint density at radius 1 is 0.868 bits per heavy atom. The van der Waals surface area contributed by atoms with Gasteiger partial charge in [0.15, 0.2) is 0 Å². The lowest BCUT2D eigenvalue weighted by molar-refractivity contribution is -0.112. The summed E-state index contributed by atoms with van der Waals surface area (Å²) in [5.41, 5.74) is 4.50. The number of carbonyl (C=O) groups is 1. The molecule has 0 fully saturated rings. The minimum atomic E-state index is -0.502. The molecular weight excluding hydrogens is 608 g/mol. The molecule has 0 aromatic heterocycles. The van der Waals surface area contributed by atoms with Crippen molar-refractivity contribution >= 4 is 49.5 Å². The average Bonchev–Trinajstić information content (AvgIpc) is 2.91. The van der Waals surface area contributed by atoms with Gasteiger partial charge in [-0.15, -0.1) is 0 Å². The third-order valence-electron chi connectivity index (χ3n) is 5.52. The van der Waals surface area contributed by atoms with Gasteiger partial charge in [0.05, 0.1) is 8.95 Å². The highest BCUT2D eigenvalue weighted by Crippen LogP contribution is 2.36. The number of benzene rings is 4. The molecule has 0 aliphatic carbocycles. The first-order valence-corrected chi connectivity index (χ1v) is 13.4. The van der Waals surface area contributed by atoms with Gasteiger partial charge in [-0.2, -0.15) is 5.26 Å². The van der Waals surface area contributed by atoms with E-state index in [1.807, 2.05) is 61.5 Å². The van der Waals surface area contributed by atoms with Gasteiger partial charge in [0.2, 0.25) is 0 Å². The van der Waals surface area contributed by atoms with Crippen LogP contribution in [0.3, 0.4) is 0 Å². The zero-order valence-electron chi connectivity index (χ0n) is 20.6. The van der Waals surface area contributed by atoms with Crippen molar-refractivity contribution < 1.29 is 14.3 Å². The molecule has 1 N–H and O–H groups in total. The van der Waals surface area contributed by atoms with Gasteiger partial charge in [-0.1, -0.05) is 60.2 Å². The molecule has 0 unspecified atom stereocenters. The van der Waals surface area contributed by atoms with Crippen molar-refractivity contribution in [1.29, 1.82) is 5.26 Å². The summed E-state index contributed by atoms with van der Waals surface area (Å²) in [6, 6.07) is 30.6. The normalized spacial score (nSPS) is 10.9. The molecule has 0 bridgehead atoms. The maximum atomic E-state index is 12.8. The Balaban J connectivity index is 1.39. The van der Waals surface area contributed by atoms with E-state index in [4.69, 9.17) is 9.47 Å². The van der Waals surface area contributed by atoms with Crippen LogP contribution in [-0.4, -0.2) is 5.91 Å². The second kappa shape index (κ2) is 13.1. The molecule has 0 saturated heterocycles. The first-order valence-electron chi connectivity index (χ1n) is 11.8. The van der Waals surface area contributed by atoms with Crippen molar-refractivity contribution in [3.63, 3.8) is 0 Å². The van der Waals surface area contributed by atoms with Crippen molar-refractivity contribution in [1.82, 2.24) is 0 Å². The summed E-state index contributed by atoms with van der Waals surface area (Å²) >= 11 is 7.09. The molecule has 4 aromatic carbocycles. The number of ether oxygens (including phenoxy) is 2. The van der Waals surface area contributed by atoms with Gasteiger partial charge in [0, 0.05) is 5.69 Å². The van der Waals surface area contributed by atoms with E-state index in [0.717, 1.165) is 11.1 Å². The molecule has 4 aromatic rings. The zero-order valence-corrected chi connectivity index (χ0v) is 23.8. The van der Waals surface area contributed by atoms with Crippen molar-refractivity contribution in [3.05, 3.63) is 128 Å². The number of rotatable bonds is 9. The molecule has 5 nitrogen and oxygen atoms in total. The Bertz CT molecular complexity index is 1470. The van der Waals surface area contributed by atoms with Crippen molar-refractivity contribution in [2.75, 3.05) is 5.32 Å². The van der Waals surface area contributed by atoms with Crippen LogP contribution in [0, 0.1) is 18.3 Å². The Hall–Kier alpha value is -3.86. The summed E-state index contributed by atoms with van der Waals surface area (Å²) in [5, 5.41) is 12.4. The molecule has 0 aliphatic heterocycles.